The normalized spacial score (nSPS) is 11.3. The maximum absolute atomic E-state index is 11.7. The molecule has 8 nitrogen and oxygen atoms in total. The summed E-state index contributed by atoms with van der Waals surface area (Å²) in [5.74, 6) is 0.568. The third-order valence-electron chi connectivity index (χ3n) is 2.94. The van der Waals surface area contributed by atoms with Gasteiger partial charge in [-0.05, 0) is 43.3 Å². The fourth-order valence-corrected chi connectivity index (χ4v) is 2.17. The number of ketones is 1. The molecule has 1 heterocycles. The van der Waals surface area contributed by atoms with E-state index in [4.69, 9.17) is 0 Å². The number of benzene rings is 1. The van der Waals surface area contributed by atoms with Gasteiger partial charge in [0.15, 0.2) is 17.4 Å². The minimum atomic E-state index is -3.61. The molecule has 122 valence electrons. The Hall–Kier alpha value is -2.52. The molecule has 0 atom stereocenters. The van der Waals surface area contributed by atoms with Crippen molar-refractivity contribution < 1.29 is 13.2 Å². The lowest BCUT2D eigenvalue weighted by atomic mass is 10.1. The van der Waals surface area contributed by atoms with Gasteiger partial charge in [-0.3, -0.25) is 9.52 Å². The molecule has 1 aromatic heterocycles. The molecule has 0 bridgehead atoms. The second kappa shape index (κ2) is 6.71. The molecule has 0 aliphatic heterocycles. The van der Waals surface area contributed by atoms with E-state index in [9.17, 15) is 13.2 Å². The van der Waals surface area contributed by atoms with E-state index in [1.165, 1.54) is 27.1 Å². The van der Waals surface area contributed by atoms with Crippen LogP contribution in [0.15, 0.2) is 36.4 Å². The van der Waals surface area contributed by atoms with Crippen molar-refractivity contribution in [3.05, 3.63) is 42.0 Å². The molecular weight excluding hydrogens is 318 g/mol. The Balaban J connectivity index is 2.07. The van der Waals surface area contributed by atoms with Crippen LogP contribution in [0, 0.1) is 0 Å². The van der Waals surface area contributed by atoms with E-state index < -0.39 is 10.2 Å². The molecule has 23 heavy (non-hydrogen) atoms. The third kappa shape index (κ3) is 4.47. The van der Waals surface area contributed by atoms with Gasteiger partial charge in [0.25, 0.3) is 0 Å². The first kappa shape index (κ1) is 16.8. The van der Waals surface area contributed by atoms with Crippen molar-refractivity contribution >= 4 is 33.3 Å². The molecule has 0 fully saturated rings. The predicted molar refractivity (Wildman–Crippen MR) is 88.0 cm³/mol. The number of nitrogens with zero attached hydrogens (tertiary/aromatic N) is 3. The molecule has 2 rings (SSSR count). The Morgan fingerprint density at radius 3 is 2.04 bits per heavy atom. The van der Waals surface area contributed by atoms with Gasteiger partial charge in [0.1, 0.15) is 0 Å². The van der Waals surface area contributed by atoms with E-state index in [1.807, 2.05) is 0 Å². The van der Waals surface area contributed by atoms with Gasteiger partial charge in [-0.25, -0.2) is 0 Å². The molecule has 9 heteroatoms. The smallest absolute Gasteiger partial charge is 0.302 e. The van der Waals surface area contributed by atoms with Crippen LogP contribution in [0.2, 0.25) is 0 Å². The van der Waals surface area contributed by atoms with Gasteiger partial charge in [-0.15, -0.1) is 10.2 Å². The highest BCUT2D eigenvalue weighted by Crippen LogP contribution is 2.16. The second-order valence-corrected chi connectivity index (χ2v) is 6.84. The van der Waals surface area contributed by atoms with Crippen LogP contribution in [0.5, 0.6) is 0 Å². The summed E-state index contributed by atoms with van der Waals surface area (Å²) in [5, 5.41) is 10.7. The van der Waals surface area contributed by atoms with Gasteiger partial charge in [0.2, 0.25) is 0 Å². The molecule has 2 aromatic rings. The monoisotopic (exact) mass is 335 g/mol. The second-order valence-electron chi connectivity index (χ2n) is 4.95. The SMILES string of the molecule is CC(=O)c1ccc(Nc2ccc(NS(=O)(=O)N(C)C)nn2)cc1. The van der Waals surface area contributed by atoms with Gasteiger partial charge in [-0.1, -0.05) is 0 Å². The van der Waals surface area contributed by atoms with Gasteiger partial charge >= 0.3 is 10.2 Å². The van der Waals surface area contributed by atoms with Crippen molar-refractivity contribution in [1.82, 2.24) is 14.5 Å². The summed E-state index contributed by atoms with van der Waals surface area (Å²) < 4.78 is 26.7. The fourth-order valence-electron chi connectivity index (χ4n) is 1.61. The zero-order valence-corrected chi connectivity index (χ0v) is 13.8. The molecule has 1 aromatic carbocycles. The quantitative estimate of drug-likeness (QED) is 0.778. The molecular formula is C14H17N5O3S. The summed E-state index contributed by atoms with van der Waals surface area (Å²) in [5.41, 5.74) is 1.36. The van der Waals surface area contributed by atoms with Crippen molar-refractivity contribution in [2.24, 2.45) is 0 Å². The zero-order chi connectivity index (χ0) is 17.0. The van der Waals surface area contributed by atoms with Crippen LogP contribution >= 0.6 is 0 Å². The highest BCUT2D eigenvalue weighted by Gasteiger charge is 2.13. The van der Waals surface area contributed by atoms with E-state index in [2.05, 4.69) is 20.2 Å². The molecule has 0 spiro atoms. The van der Waals surface area contributed by atoms with Crippen molar-refractivity contribution in [2.75, 3.05) is 24.1 Å². The number of carbonyl (C=O) groups excluding carboxylic acids is 1. The van der Waals surface area contributed by atoms with Gasteiger partial charge in [0.05, 0.1) is 0 Å². The minimum absolute atomic E-state index is 0.00568. The topological polar surface area (TPSA) is 104 Å². The predicted octanol–water partition coefficient (Wildman–Crippen LogP) is 1.64. The maximum atomic E-state index is 11.7. The van der Waals surface area contributed by atoms with Crippen LogP contribution in [-0.2, 0) is 10.2 Å². The lowest BCUT2D eigenvalue weighted by molar-refractivity contribution is 0.101. The van der Waals surface area contributed by atoms with Gasteiger partial charge < -0.3 is 5.32 Å². The summed E-state index contributed by atoms with van der Waals surface area (Å²) in [6.07, 6.45) is 0. The highest BCUT2D eigenvalue weighted by molar-refractivity contribution is 7.90. The Kier molecular flexibility index (Phi) is 4.92. The summed E-state index contributed by atoms with van der Waals surface area (Å²) in [6, 6.07) is 10.0. The van der Waals surface area contributed by atoms with Crippen molar-refractivity contribution in [2.45, 2.75) is 6.92 Å². The van der Waals surface area contributed by atoms with Crippen LogP contribution in [0.3, 0.4) is 0 Å². The summed E-state index contributed by atoms with van der Waals surface area (Å²) in [4.78, 5) is 11.2. The first-order valence-electron chi connectivity index (χ1n) is 6.70. The number of nitrogens with one attached hydrogen (secondary N) is 2. The van der Waals surface area contributed by atoms with Crippen LogP contribution in [0.1, 0.15) is 17.3 Å². The molecule has 2 N–H and O–H groups in total. The third-order valence-corrected chi connectivity index (χ3v) is 4.37. The Bertz CT molecular complexity index is 786. The molecule has 0 amide bonds. The Morgan fingerprint density at radius 1 is 1.00 bits per heavy atom. The molecule has 0 aliphatic carbocycles. The number of carbonyl (C=O) groups is 1. The molecule has 0 radical (unpaired) electrons. The van der Waals surface area contributed by atoms with E-state index in [-0.39, 0.29) is 11.6 Å². The lowest BCUT2D eigenvalue weighted by Gasteiger charge is -2.12. The van der Waals surface area contributed by atoms with Crippen LogP contribution < -0.4 is 10.0 Å². The van der Waals surface area contributed by atoms with Crippen LogP contribution in [0.4, 0.5) is 17.3 Å². The fraction of sp³-hybridized carbons (Fsp3) is 0.214. The van der Waals surface area contributed by atoms with Crippen molar-refractivity contribution in [3.63, 3.8) is 0 Å². The molecule has 0 saturated heterocycles. The summed E-state index contributed by atoms with van der Waals surface area (Å²) in [6.45, 7) is 1.50. The number of hydrogen-bond acceptors (Lipinski definition) is 6. The van der Waals surface area contributed by atoms with E-state index in [1.54, 1.807) is 30.3 Å². The molecule has 0 aliphatic rings. The lowest BCUT2D eigenvalue weighted by Crippen LogP contribution is -2.29. The first-order valence-corrected chi connectivity index (χ1v) is 8.14. The number of anilines is 3. The number of rotatable bonds is 6. The number of Topliss-reactive ketones (excluding diaryl/α,β-unsaturated/α-hetero) is 1. The molecule has 0 unspecified atom stereocenters. The van der Waals surface area contributed by atoms with Crippen LogP contribution in [-0.4, -0.2) is 42.8 Å². The van der Waals surface area contributed by atoms with Crippen molar-refractivity contribution in [3.8, 4) is 0 Å². The van der Waals surface area contributed by atoms with Crippen molar-refractivity contribution in [1.29, 1.82) is 0 Å². The van der Waals surface area contributed by atoms with Crippen LogP contribution in [0.25, 0.3) is 0 Å². The highest BCUT2D eigenvalue weighted by atomic mass is 32.2. The number of hydrogen-bond donors (Lipinski definition) is 2. The van der Waals surface area contributed by atoms with Gasteiger partial charge in [0, 0.05) is 25.3 Å². The van der Waals surface area contributed by atoms with E-state index in [0.717, 1.165) is 9.99 Å². The minimum Gasteiger partial charge on any atom is -0.339 e. The Labute approximate surface area is 134 Å². The maximum Gasteiger partial charge on any atom is 0.302 e. The largest absolute Gasteiger partial charge is 0.339 e. The summed E-state index contributed by atoms with van der Waals surface area (Å²) >= 11 is 0. The average Bonchev–Trinajstić information content (AvgIpc) is 2.49. The van der Waals surface area contributed by atoms with E-state index in [0.29, 0.717) is 11.4 Å². The zero-order valence-electron chi connectivity index (χ0n) is 12.9. The first-order chi connectivity index (χ1) is 10.8. The Morgan fingerprint density at radius 2 is 1.57 bits per heavy atom. The van der Waals surface area contributed by atoms with Gasteiger partial charge in [-0.2, -0.15) is 12.7 Å². The molecule has 0 saturated carbocycles. The number of aromatic nitrogens is 2. The standard InChI is InChI=1S/C14H17N5O3S/c1-10(20)11-4-6-12(7-5-11)15-13-8-9-14(17-16-13)18-23(21,22)19(2)3/h4-9H,1-3H3,(H,15,16)(H,17,18). The van der Waals surface area contributed by atoms with E-state index >= 15 is 0 Å². The average molecular weight is 335 g/mol. The summed E-state index contributed by atoms with van der Waals surface area (Å²) in [7, 11) is -0.781.